The Hall–Kier alpha value is -1.67. The number of nitrogens with one attached hydrogen (secondary N) is 1. The minimum atomic E-state index is 0.225. The Labute approximate surface area is 112 Å². The third kappa shape index (κ3) is 3.21. The summed E-state index contributed by atoms with van der Waals surface area (Å²) in [7, 11) is 3.77. The van der Waals surface area contributed by atoms with Crippen molar-refractivity contribution in [2.45, 2.75) is 19.4 Å². The van der Waals surface area contributed by atoms with Crippen LogP contribution in [-0.2, 0) is 4.74 Å². The van der Waals surface area contributed by atoms with Gasteiger partial charge in [-0.2, -0.15) is 15.0 Å². The Balaban J connectivity index is 2.25. The number of hydrazine groups is 1. The van der Waals surface area contributed by atoms with Crippen molar-refractivity contribution in [2.75, 3.05) is 49.0 Å². The summed E-state index contributed by atoms with van der Waals surface area (Å²) in [6.07, 6.45) is 1.20. The molecular formula is C11H21N7O. The van der Waals surface area contributed by atoms with Crippen LogP contribution in [0.15, 0.2) is 0 Å². The van der Waals surface area contributed by atoms with Gasteiger partial charge in [0, 0.05) is 27.2 Å². The highest BCUT2D eigenvalue weighted by Gasteiger charge is 2.22. The summed E-state index contributed by atoms with van der Waals surface area (Å²) in [5, 5.41) is 0. The van der Waals surface area contributed by atoms with Gasteiger partial charge in [-0.25, -0.2) is 5.84 Å². The summed E-state index contributed by atoms with van der Waals surface area (Å²) < 4.78 is 5.65. The molecule has 106 valence electrons. The van der Waals surface area contributed by atoms with E-state index in [9.17, 15) is 0 Å². The molecule has 2 rings (SSSR count). The second kappa shape index (κ2) is 5.98. The second-order valence-corrected chi connectivity index (χ2v) is 4.64. The average molecular weight is 267 g/mol. The summed E-state index contributed by atoms with van der Waals surface area (Å²) in [6.45, 7) is 4.36. The van der Waals surface area contributed by atoms with Crippen molar-refractivity contribution >= 4 is 17.8 Å². The third-order valence-corrected chi connectivity index (χ3v) is 3.02. The lowest BCUT2D eigenvalue weighted by Gasteiger charge is -2.32. The minimum Gasteiger partial charge on any atom is -0.375 e. The van der Waals surface area contributed by atoms with Crippen molar-refractivity contribution in [3.63, 3.8) is 0 Å². The Morgan fingerprint density at radius 2 is 2.21 bits per heavy atom. The van der Waals surface area contributed by atoms with E-state index < -0.39 is 0 Å². The standard InChI is InChI=1S/C11H21N7O/c1-4-8-7-18(5-6-19-8)11-14-9(16-12)13-10(15-11)17(2)3/h8H,4-7,12H2,1-3H3,(H,13,14,15,16). The first-order valence-corrected chi connectivity index (χ1v) is 6.40. The Bertz CT molecular complexity index is 426. The number of hydrogen-bond donors (Lipinski definition) is 2. The fourth-order valence-electron chi connectivity index (χ4n) is 1.91. The Kier molecular flexibility index (Phi) is 4.33. The van der Waals surface area contributed by atoms with Crippen molar-refractivity contribution in [1.29, 1.82) is 0 Å². The van der Waals surface area contributed by atoms with Crippen molar-refractivity contribution in [1.82, 2.24) is 15.0 Å². The fraction of sp³-hybridized carbons (Fsp3) is 0.727. The normalized spacial score (nSPS) is 19.4. The van der Waals surface area contributed by atoms with E-state index in [0.29, 0.717) is 24.5 Å². The highest BCUT2D eigenvalue weighted by Crippen LogP contribution is 2.18. The molecule has 1 aliphatic heterocycles. The molecule has 1 aromatic heterocycles. The molecular weight excluding hydrogens is 246 g/mol. The van der Waals surface area contributed by atoms with Gasteiger partial charge in [0.05, 0.1) is 12.7 Å². The SMILES string of the molecule is CCC1CN(c2nc(NN)nc(N(C)C)n2)CCO1. The fourth-order valence-corrected chi connectivity index (χ4v) is 1.91. The zero-order chi connectivity index (χ0) is 13.8. The van der Waals surface area contributed by atoms with E-state index in [1.54, 1.807) is 0 Å². The van der Waals surface area contributed by atoms with E-state index in [4.69, 9.17) is 10.6 Å². The molecule has 1 atom stereocenters. The molecule has 1 aromatic rings. The van der Waals surface area contributed by atoms with Crippen LogP contribution < -0.4 is 21.1 Å². The van der Waals surface area contributed by atoms with Gasteiger partial charge in [0.15, 0.2) is 0 Å². The molecule has 1 saturated heterocycles. The van der Waals surface area contributed by atoms with Crippen molar-refractivity contribution in [3.8, 4) is 0 Å². The summed E-state index contributed by atoms with van der Waals surface area (Å²) in [5.74, 6) is 6.99. The minimum absolute atomic E-state index is 0.225. The van der Waals surface area contributed by atoms with E-state index in [1.165, 1.54) is 0 Å². The zero-order valence-electron chi connectivity index (χ0n) is 11.6. The molecule has 19 heavy (non-hydrogen) atoms. The van der Waals surface area contributed by atoms with E-state index >= 15 is 0 Å². The molecule has 0 saturated carbocycles. The van der Waals surface area contributed by atoms with Gasteiger partial charge in [0.2, 0.25) is 17.8 Å². The molecule has 8 nitrogen and oxygen atoms in total. The predicted octanol–water partition coefficient (Wildman–Crippen LogP) is -0.162. The van der Waals surface area contributed by atoms with Crippen LogP contribution in [0, 0.1) is 0 Å². The molecule has 1 unspecified atom stereocenters. The van der Waals surface area contributed by atoms with Gasteiger partial charge >= 0.3 is 0 Å². The van der Waals surface area contributed by atoms with Crippen molar-refractivity contribution in [2.24, 2.45) is 5.84 Å². The number of ether oxygens (including phenoxy) is 1. The van der Waals surface area contributed by atoms with Crippen molar-refractivity contribution in [3.05, 3.63) is 0 Å². The number of nitrogens with zero attached hydrogens (tertiary/aromatic N) is 5. The smallest absolute Gasteiger partial charge is 0.243 e. The predicted molar refractivity (Wildman–Crippen MR) is 74.2 cm³/mol. The lowest BCUT2D eigenvalue weighted by Crippen LogP contribution is -2.43. The van der Waals surface area contributed by atoms with Gasteiger partial charge in [-0.05, 0) is 6.42 Å². The van der Waals surface area contributed by atoms with Crippen LogP contribution >= 0.6 is 0 Å². The van der Waals surface area contributed by atoms with Gasteiger partial charge < -0.3 is 14.5 Å². The maximum absolute atomic E-state index is 5.65. The lowest BCUT2D eigenvalue weighted by molar-refractivity contribution is 0.0379. The van der Waals surface area contributed by atoms with Crippen LogP contribution in [0.25, 0.3) is 0 Å². The molecule has 0 bridgehead atoms. The molecule has 2 heterocycles. The van der Waals surface area contributed by atoms with Crippen molar-refractivity contribution < 1.29 is 4.74 Å². The largest absolute Gasteiger partial charge is 0.375 e. The highest BCUT2D eigenvalue weighted by atomic mass is 16.5. The first kappa shape index (κ1) is 13.8. The third-order valence-electron chi connectivity index (χ3n) is 3.02. The monoisotopic (exact) mass is 267 g/mol. The zero-order valence-corrected chi connectivity index (χ0v) is 11.6. The average Bonchev–Trinajstić information content (AvgIpc) is 2.46. The summed E-state index contributed by atoms with van der Waals surface area (Å²) in [6, 6.07) is 0. The van der Waals surface area contributed by atoms with Crippen LogP contribution in [0.2, 0.25) is 0 Å². The number of hydrogen-bond acceptors (Lipinski definition) is 8. The molecule has 0 spiro atoms. The molecule has 0 aliphatic carbocycles. The lowest BCUT2D eigenvalue weighted by atomic mass is 10.2. The van der Waals surface area contributed by atoms with Crippen LogP contribution in [0.5, 0.6) is 0 Å². The molecule has 8 heteroatoms. The van der Waals surface area contributed by atoms with E-state index in [1.807, 2.05) is 19.0 Å². The van der Waals surface area contributed by atoms with Gasteiger partial charge in [0.1, 0.15) is 0 Å². The molecule has 3 N–H and O–H groups in total. The maximum Gasteiger partial charge on any atom is 0.243 e. The van der Waals surface area contributed by atoms with E-state index in [2.05, 4.69) is 32.2 Å². The first-order chi connectivity index (χ1) is 9.13. The summed E-state index contributed by atoms with van der Waals surface area (Å²) in [5.41, 5.74) is 2.48. The summed E-state index contributed by atoms with van der Waals surface area (Å²) >= 11 is 0. The number of aromatic nitrogens is 3. The van der Waals surface area contributed by atoms with Crippen LogP contribution in [0.3, 0.4) is 0 Å². The van der Waals surface area contributed by atoms with Gasteiger partial charge in [0.25, 0.3) is 0 Å². The summed E-state index contributed by atoms with van der Waals surface area (Å²) in [4.78, 5) is 16.9. The van der Waals surface area contributed by atoms with Crippen LogP contribution in [-0.4, -0.2) is 54.8 Å². The topological polar surface area (TPSA) is 92.4 Å². The van der Waals surface area contributed by atoms with Crippen LogP contribution in [0.1, 0.15) is 13.3 Å². The maximum atomic E-state index is 5.65. The number of rotatable bonds is 4. The van der Waals surface area contributed by atoms with Gasteiger partial charge in [-0.3, -0.25) is 5.43 Å². The van der Waals surface area contributed by atoms with E-state index in [0.717, 1.165) is 19.5 Å². The van der Waals surface area contributed by atoms with E-state index in [-0.39, 0.29) is 6.10 Å². The Morgan fingerprint density at radius 3 is 2.84 bits per heavy atom. The molecule has 0 amide bonds. The Morgan fingerprint density at radius 1 is 1.42 bits per heavy atom. The number of nitrogen functional groups attached to an aromatic ring is 1. The molecule has 0 radical (unpaired) electrons. The van der Waals surface area contributed by atoms with Gasteiger partial charge in [-0.15, -0.1) is 0 Å². The van der Waals surface area contributed by atoms with Gasteiger partial charge in [-0.1, -0.05) is 6.92 Å². The number of nitrogens with two attached hydrogens (primary N) is 1. The highest BCUT2D eigenvalue weighted by molar-refractivity contribution is 5.44. The molecule has 1 aliphatic rings. The molecule has 0 aromatic carbocycles. The second-order valence-electron chi connectivity index (χ2n) is 4.64. The molecule has 1 fully saturated rings. The number of anilines is 3. The quantitative estimate of drug-likeness (QED) is 0.574. The number of morpholine rings is 1. The first-order valence-electron chi connectivity index (χ1n) is 6.40. The van der Waals surface area contributed by atoms with Crippen LogP contribution in [0.4, 0.5) is 17.8 Å².